The molecule has 1 heterocycles. The number of carbonyl (C=O) groups is 5. The zero-order valence-corrected chi connectivity index (χ0v) is 31.3. The number of likely N-dealkylation sites (N-methyl/N-ethyl adjacent to an activating group) is 1. The summed E-state index contributed by atoms with van der Waals surface area (Å²) >= 11 is 0. The zero-order valence-electron chi connectivity index (χ0n) is 30.4. The average molecular weight is 708 g/mol. The highest BCUT2D eigenvalue weighted by Crippen LogP contribution is 2.47. The lowest BCUT2D eigenvalue weighted by molar-refractivity contribution is -0.131. The molecule has 276 valence electrons. The van der Waals surface area contributed by atoms with Gasteiger partial charge in [-0.1, -0.05) is 71.9 Å². The van der Waals surface area contributed by atoms with Crippen LogP contribution in [0.5, 0.6) is 0 Å². The quantitative estimate of drug-likeness (QED) is 0.142. The number of hydrogen-bond acceptors (Lipinski definition) is 7. The van der Waals surface area contributed by atoms with Gasteiger partial charge < -0.3 is 30.9 Å². The second-order valence-electron chi connectivity index (χ2n) is 14.3. The van der Waals surface area contributed by atoms with E-state index in [2.05, 4.69) is 21.3 Å². The fraction of sp³-hybridized carbons (Fsp3) is 0.686. The minimum absolute atomic E-state index is 0.0129. The minimum Gasteiger partial charge on any atom is -0.445 e. The van der Waals surface area contributed by atoms with Crippen LogP contribution in [0.1, 0.15) is 86.1 Å². The molecule has 5 amide bonds. The van der Waals surface area contributed by atoms with Gasteiger partial charge in [-0.25, -0.2) is 4.79 Å². The van der Waals surface area contributed by atoms with Crippen LogP contribution in [0.15, 0.2) is 30.3 Å². The number of amides is 5. The number of nitrogens with one attached hydrogen (secondary N) is 4. The first-order chi connectivity index (χ1) is 22.9. The molecule has 0 saturated carbocycles. The van der Waals surface area contributed by atoms with E-state index in [9.17, 15) is 33.4 Å². The molecule has 1 aliphatic heterocycles. The number of rotatable bonds is 18. The van der Waals surface area contributed by atoms with E-state index in [1.807, 2.05) is 71.9 Å². The zero-order chi connectivity index (χ0) is 36.9. The van der Waals surface area contributed by atoms with E-state index in [4.69, 9.17) is 4.74 Å². The first-order valence-corrected chi connectivity index (χ1v) is 19.3. The van der Waals surface area contributed by atoms with Crippen molar-refractivity contribution in [3.05, 3.63) is 35.9 Å². The van der Waals surface area contributed by atoms with Crippen LogP contribution < -0.4 is 21.3 Å². The molecule has 0 radical (unpaired) electrons. The van der Waals surface area contributed by atoms with Gasteiger partial charge in [-0.15, -0.1) is 0 Å². The Balaban J connectivity index is 2.12. The molecule has 13 nitrogen and oxygen atoms in total. The molecule has 14 heteroatoms. The van der Waals surface area contributed by atoms with Crippen LogP contribution in [0.2, 0.25) is 0 Å². The molecule has 5 N–H and O–H groups in total. The number of nitrogens with zero attached hydrogens (tertiary/aromatic N) is 1. The van der Waals surface area contributed by atoms with Gasteiger partial charge in [0.15, 0.2) is 0 Å². The molecule has 0 bridgehead atoms. The maximum Gasteiger partial charge on any atom is 0.410 e. The van der Waals surface area contributed by atoms with E-state index in [1.165, 1.54) is 18.9 Å². The summed E-state index contributed by atoms with van der Waals surface area (Å²) < 4.78 is 19.1. The van der Waals surface area contributed by atoms with Crippen LogP contribution in [0, 0.1) is 23.7 Å². The van der Waals surface area contributed by atoms with Crippen LogP contribution in [0.4, 0.5) is 4.79 Å². The predicted molar refractivity (Wildman–Crippen MR) is 188 cm³/mol. The van der Waals surface area contributed by atoms with Gasteiger partial charge in [-0.3, -0.25) is 28.6 Å². The van der Waals surface area contributed by atoms with Crippen molar-refractivity contribution in [2.75, 3.05) is 19.8 Å². The van der Waals surface area contributed by atoms with Crippen molar-refractivity contribution in [3.8, 4) is 0 Å². The van der Waals surface area contributed by atoms with E-state index >= 15 is 0 Å². The molecule has 6 atom stereocenters. The van der Waals surface area contributed by atoms with Gasteiger partial charge in [0.25, 0.3) is 0 Å². The third-order valence-corrected chi connectivity index (χ3v) is 10.8. The van der Waals surface area contributed by atoms with Crippen LogP contribution >= 0.6 is 7.37 Å². The molecule has 1 fully saturated rings. The molecule has 1 aromatic carbocycles. The predicted octanol–water partition coefficient (Wildman–Crippen LogP) is 3.99. The van der Waals surface area contributed by atoms with Gasteiger partial charge in [0, 0.05) is 25.7 Å². The Morgan fingerprint density at radius 3 is 1.96 bits per heavy atom. The van der Waals surface area contributed by atoms with Gasteiger partial charge >= 0.3 is 6.09 Å². The van der Waals surface area contributed by atoms with Gasteiger partial charge in [0.1, 0.15) is 30.5 Å². The van der Waals surface area contributed by atoms with Crippen LogP contribution in [-0.4, -0.2) is 83.2 Å². The third kappa shape index (κ3) is 13.8. The maximum absolute atomic E-state index is 13.7. The van der Waals surface area contributed by atoms with Crippen molar-refractivity contribution in [1.82, 2.24) is 26.2 Å². The number of benzene rings is 1. The lowest BCUT2D eigenvalue weighted by Gasteiger charge is -2.29. The SMILES string of the molecule is CNC(=O)[C@H](CC(C)C)NC(=O)C(CC(C)C)CP(=O)(O)[C@H](C)NC(=O)[C@@H](CC(C)C)NC(=O)[C@@H]1CCCN1C(=O)OCc1ccccc1. The molecule has 1 saturated heterocycles. The molecular weight excluding hydrogens is 649 g/mol. The van der Waals surface area contributed by atoms with E-state index in [0.29, 0.717) is 32.2 Å². The smallest absolute Gasteiger partial charge is 0.410 e. The molecule has 2 rings (SSSR count). The topological polar surface area (TPSA) is 183 Å². The highest BCUT2D eigenvalue weighted by atomic mass is 31.2. The molecular formula is C35H58N5O8P. The van der Waals surface area contributed by atoms with Crippen molar-refractivity contribution in [3.63, 3.8) is 0 Å². The normalized spacial score (nSPS) is 18.3. The van der Waals surface area contributed by atoms with Gasteiger partial charge in [0.2, 0.25) is 31.0 Å². The first kappa shape index (κ1) is 41.7. The van der Waals surface area contributed by atoms with Crippen LogP contribution in [-0.2, 0) is 35.1 Å². The molecule has 49 heavy (non-hydrogen) atoms. The van der Waals surface area contributed by atoms with Gasteiger partial charge in [0.05, 0.1) is 0 Å². The van der Waals surface area contributed by atoms with Crippen molar-refractivity contribution >= 4 is 37.1 Å². The summed E-state index contributed by atoms with van der Waals surface area (Å²) in [5.41, 5.74) is 0.815. The van der Waals surface area contributed by atoms with E-state index in [0.717, 1.165) is 5.56 Å². The second kappa shape index (κ2) is 19.7. The Bertz CT molecular complexity index is 1310. The van der Waals surface area contributed by atoms with E-state index < -0.39 is 67.2 Å². The highest BCUT2D eigenvalue weighted by Gasteiger charge is 2.39. The van der Waals surface area contributed by atoms with Crippen molar-refractivity contribution < 1.29 is 38.2 Å². The Hall–Kier alpha value is -3.44. The Morgan fingerprint density at radius 1 is 0.837 bits per heavy atom. The Morgan fingerprint density at radius 2 is 1.41 bits per heavy atom. The van der Waals surface area contributed by atoms with E-state index in [-0.39, 0.29) is 36.7 Å². The molecule has 2 unspecified atom stereocenters. The summed E-state index contributed by atoms with van der Waals surface area (Å²) in [4.78, 5) is 78.2. The van der Waals surface area contributed by atoms with Crippen molar-refractivity contribution in [2.45, 2.75) is 111 Å². The summed E-state index contributed by atoms with van der Waals surface area (Å²) in [6.07, 6.45) is 0.936. The molecule has 1 aliphatic rings. The average Bonchev–Trinajstić information content (AvgIpc) is 3.52. The van der Waals surface area contributed by atoms with Crippen LogP contribution in [0.3, 0.4) is 0 Å². The molecule has 1 aromatic rings. The van der Waals surface area contributed by atoms with Gasteiger partial charge in [-0.2, -0.15) is 0 Å². The summed E-state index contributed by atoms with van der Waals surface area (Å²) in [5.74, 6) is -3.97. The van der Waals surface area contributed by atoms with Crippen molar-refractivity contribution in [2.24, 2.45) is 23.7 Å². The number of likely N-dealkylation sites (tertiary alicyclic amines) is 1. The fourth-order valence-electron chi connectivity index (χ4n) is 5.91. The summed E-state index contributed by atoms with van der Waals surface area (Å²) in [6, 6.07) is 6.56. The first-order valence-electron chi connectivity index (χ1n) is 17.4. The number of carbonyl (C=O) groups excluding carboxylic acids is 5. The van der Waals surface area contributed by atoms with Gasteiger partial charge in [-0.05, 0) is 62.3 Å². The summed E-state index contributed by atoms with van der Waals surface area (Å²) in [6.45, 7) is 13.2. The lowest BCUT2D eigenvalue weighted by Crippen LogP contribution is -2.54. The minimum atomic E-state index is -4.17. The molecule has 0 spiro atoms. The largest absolute Gasteiger partial charge is 0.445 e. The summed E-state index contributed by atoms with van der Waals surface area (Å²) in [7, 11) is -2.68. The van der Waals surface area contributed by atoms with E-state index in [1.54, 1.807) is 0 Å². The van der Waals surface area contributed by atoms with Crippen molar-refractivity contribution in [1.29, 1.82) is 0 Å². The summed E-state index contributed by atoms with van der Waals surface area (Å²) in [5, 5.41) is 10.7. The molecule has 0 aromatic heterocycles. The Labute approximate surface area is 291 Å². The second-order valence-corrected chi connectivity index (χ2v) is 17.0. The third-order valence-electron chi connectivity index (χ3n) is 8.49. The number of ether oxygens (including phenoxy) is 1. The Kier molecular flexibility index (Phi) is 16.8. The highest BCUT2D eigenvalue weighted by molar-refractivity contribution is 7.58. The standard InChI is InChI=1S/C35H58N5O8P/c1-22(2)17-27(31(41)38-28(18-23(3)4)32(42)36-8)21-49(46,47)25(7)37-33(43)29(19-24(5)6)39-34(44)30-15-12-16-40(30)35(45)48-20-26-13-10-9-11-14-26/h9-11,13-14,22-25,27-30H,12,15-21H2,1-8H3,(H,36,42)(H,37,43)(H,38,41)(H,39,44)(H,46,47)/t25-,27?,28+,29-,30+/m1/s1. The number of hydrogen-bond donors (Lipinski definition) is 5. The van der Waals surface area contributed by atoms with Crippen LogP contribution in [0.25, 0.3) is 0 Å². The molecule has 0 aliphatic carbocycles. The monoisotopic (exact) mass is 707 g/mol. The fourth-order valence-corrected chi connectivity index (χ4v) is 7.50. The lowest BCUT2D eigenvalue weighted by atomic mass is 9.96. The maximum atomic E-state index is 13.7.